The number of ether oxygens (including phenoxy) is 1. The number of fused-ring (bicyclic) bond motifs is 1. The summed E-state index contributed by atoms with van der Waals surface area (Å²) in [4.78, 5) is 22.5. The molecule has 0 bridgehead atoms. The molecule has 1 aromatic carbocycles. The molecular weight excluding hydrogens is 266 g/mol. The molecule has 0 spiro atoms. The van der Waals surface area contributed by atoms with Gasteiger partial charge in [0, 0.05) is 23.1 Å². The minimum absolute atomic E-state index is 0.151. The Balaban J connectivity index is 2.52. The van der Waals surface area contributed by atoms with E-state index in [1.165, 1.54) is 18.2 Å². The minimum atomic E-state index is -3.53. The monoisotopic (exact) mass is 274 g/mol. The van der Waals surface area contributed by atoms with Gasteiger partial charge in [-0.2, -0.15) is 8.78 Å². The Kier molecular flexibility index (Phi) is 3.11. The summed E-state index contributed by atoms with van der Waals surface area (Å²) in [6.07, 6.45) is -2.00. The first-order valence-corrected chi connectivity index (χ1v) is 5.58. The van der Waals surface area contributed by atoms with Crippen LogP contribution in [0.1, 0.15) is 35.4 Å². The third-order valence-electron chi connectivity index (χ3n) is 2.69. The number of rotatable bonds is 1. The maximum Gasteiger partial charge on any atom is 0.313 e. The van der Waals surface area contributed by atoms with Crippen LogP contribution in [0, 0.1) is 0 Å². The zero-order valence-corrected chi connectivity index (χ0v) is 10.1. The van der Waals surface area contributed by atoms with E-state index in [0.717, 1.165) is 6.92 Å². The first-order chi connectivity index (χ1) is 8.31. The number of carbonyl (C=O) groups excluding carboxylic acids is 2. The first kappa shape index (κ1) is 13.0. The van der Waals surface area contributed by atoms with Gasteiger partial charge in [0.1, 0.15) is 6.10 Å². The quantitative estimate of drug-likeness (QED) is 0.739. The average Bonchev–Trinajstić information content (AvgIpc) is 2.24. The first-order valence-electron chi connectivity index (χ1n) is 5.20. The van der Waals surface area contributed by atoms with Crippen molar-refractivity contribution in [3.63, 3.8) is 0 Å². The molecule has 18 heavy (non-hydrogen) atoms. The van der Waals surface area contributed by atoms with Crippen molar-refractivity contribution in [1.82, 2.24) is 0 Å². The van der Waals surface area contributed by atoms with Gasteiger partial charge in [-0.3, -0.25) is 9.59 Å². The molecule has 0 radical (unpaired) electrons. The fraction of sp³-hybridized carbons (Fsp3) is 0.333. The van der Waals surface area contributed by atoms with Crippen LogP contribution in [0.15, 0.2) is 18.2 Å². The molecule has 0 heterocycles. The highest BCUT2D eigenvalue weighted by atomic mass is 35.5. The summed E-state index contributed by atoms with van der Waals surface area (Å²) in [7, 11) is 0. The van der Waals surface area contributed by atoms with Gasteiger partial charge in [-0.05, 0) is 18.2 Å². The topological polar surface area (TPSA) is 43.4 Å². The van der Waals surface area contributed by atoms with Crippen LogP contribution in [0.25, 0.3) is 0 Å². The summed E-state index contributed by atoms with van der Waals surface area (Å²) in [6, 6.07) is 3.95. The highest BCUT2D eigenvalue weighted by Crippen LogP contribution is 2.41. The summed E-state index contributed by atoms with van der Waals surface area (Å²) < 4.78 is 31.8. The van der Waals surface area contributed by atoms with Crippen LogP contribution in [0.4, 0.5) is 8.78 Å². The number of esters is 1. The Bertz CT molecular complexity index is 528. The molecule has 0 N–H and O–H groups in total. The third-order valence-corrected chi connectivity index (χ3v) is 2.92. The summed E-state index contributed by atoms with van der Waals surface area (Å²) in [5.74, 6) is -5.48. The molecule has 96 valence electrons. The predicted octanol–water partition coefficient (Wildman–Crippen LogP) is 3.17. The fourth-order valence-electron chi connectivity index (χ4n) is 1.94. The van der Waals surface area contributed by atoms with Gasteiger partial charge in [0.25, 0.3) is 0 Å². The number of ketones is 1. The normalized spacial score (nSPS) is 21.3. The molecule has 0 aromatic heterocycles. The van der Waals surface area contributed by atoms with Crippen LogP contribution >= 0.6 is 11.6 Å². The molecule has 0 fully saturated rings. The molecule has 0 saturated carbocycles. The standard InChI is InChI=1S/C12H9ClF2O3/c1-6(16)18-10-5-12(14,15)11(17)8-3-2-7(13)4-9(8)10/h2-4,10H,5H2,1H3. The van der Waals surface area contributed by atoms with Gasteiger partial charge in [0.05, 0.1) is 6.42 Å². The van der Waals surface area contributed by atoms with E-state index in [0.29, 0.717) is 5.02 Å². The fourth-order valence-corrected chi connectivity index (χ4v) is 2.13. The molecule has 2 rings (SSSR count). The van der Waals surface area contributed by atoms with Crippen LogP contribution in [-0.2, 0) is 9.53 Å². The van der Waals surface area contributed by atoms with Crippen molar-refractivity contribution < 1.29 is 23.1 Å². The number of benzene rings is 1. The Labute approximate surface area is 107 Å². The lowest BCUT2D eigenvalue weighted by molar-refractivity contribution is -0.150. The van der Waals surface area contributed by atoms with Crippen molar-refractivity contribution in [1.29, 1.82) is 0 Å². The number of halogens is 3. The molecule has 0 amide bonds. The maximum atomic E-state index is 13.5. The van der Waals surface area contributed by atoms with Crippen LogP contribution in [0.3, 0.4) is 0 Å². The Morgan fingerprint density at radius 2 is 2.17 bits per heavy atom. The number of hydrogen-bond acceptors (Lipinski definition) is 3. The maximum absolute atomic E-state index is 13.5. The van der Waals surface area contributed by atoms with Crippen LogP contribution in [0.2, 0.25) is 5.02 Å². The smallest absolute Gasteiger partial charge is 0.313 e. The van der Waals surface area contributed by atoms with Gasteiger partial charge >= 0.3 is 11.9 Å². The van der Waals surface area contributed by atoms with Crippen LogP contribution in [0.5, 0.6) is 0 Å². The lowest BCUT2D eigenvalue weighted by Crippen LogP contribution is -2.37. The molecule has 1 aromatic rings. The molecule has 3 nitrogen and oxygen atoms in total. The van der Waals surface area contributed by atoms with E-state index < -0.39 is 30.2 Å². The van der Waals surface area contributed by atoms with Crippen molar-refractivity contribution in [2.24, 2.45) is 0 Å². The molecule has 0 aliphatic heterocycles. The molecule has 0 saturated heterocycles. The average molecular weight is 275 g/mol. The molecule has 1 atom stereocenters. The molecule has 1 unspecified atom stereocenters. The van der Waals surface area contributed by atoms with E-state index in [9.17, 15) is 18.4 Å². The van der Waals surface area contributed by atoms with Gasteiger partial charge < -0.3 is 4.74 Å². The lowest BCUT2D eigenvalue weighted by atomic mass is 9.86. The molecule has 1 aliphatic carbocycles. The molecular formula is C12H9ClF2O3. The van der Waals surface area contributed by atoms with Gasteiger partial charge in [-0.25, -0.2) is 0 Å². The minimum Gasteiger partial charge on any atom is -0.457 e. The summed E-state index contributed by atoms with van der Waals surface area (Å²) in [5.41, 5.74) is 0.0792. The Morgan fingerprint density at radius 3 is 2.78 bits per heavy atom. The second kappa shape index (κ2) is 4.31. The van der Waals surface area contributed by atoms with E-state index in [-0.39, 0.29) is 11.1 Å². The van der Waals surface area contributed by atoms with Gasteiger partial charge in [-0.15, -0.1) is 0 Å². The summed E-state index contributed by atoms with van der Waals surface area (Å²) in [5, 5.41) is 0.295. The number of alkyl halides is 2. The summed E-state index contributed by atoms with van der Waals surface area (Å²) in [6.45, 7) is 1.12. The van der Waals surface area contributed by atoms with E-state index in [2.05, 4.69) is 0 Å². The van der Waals surface area contributed by atoms with Gasteiger partial charge in [-0.1, -0.05) is 11.6 Å². The highest BCUT2D eigenvalue weighted by Gasteiger charge is 2.48. The molecule has 6 heteroatoms. The lowest BCUT2D eigenvalue weighted by Gasteiger charge is -2.29. The van der Waals surface area contributed by atoms with E-state index in [1.807, 2.05) is 0 Å². The van der Waals surface area contributed by atoms with E-state index in [1.54, 1.807) is 0 Å². The van der Waals surface area contributed by atoms with E-state index in [4.69, 9.17) is 16.3 Å². The van der Waals surface area contributed by atoms with Crippen molar-refractivity contribution in [3.05, 3.63) is 34.3 Å². The van der Waals surface area contributed by atoms with Crippen molar-refractivity contribution in [2.75, 3.05) is 0 Å². The van der Waals surface area contributed by atoms with Crippen LogP contribution in [-0.4, -0.2) is 17.7 Å². The van der Waals surface area contributed by atoms with Gasteiger partial charge in [0.2, 0.25) is 5.78 Å². The van der Waals surface area contributed by atoms with Crippen molar-refractivity contribution >= 4 is 23.4 Å². The van der Waals surface area contributed by atoms with Crippen molar-refractivity contribution in [2.45, 2.75) is 25.4 Å². The predicted molar refractivity (Wildman–Crippen MR) is 59.9 cm³/mol. The largest absolute Gasteiger partial charge is 0.457 e. The van der Waals surface area contributed by atoms with Crippen molar-refractivity contribution in [3.8, 4) is 0 Å². The number of carbonyl (C=O) groups is 2. The number of hydrogen-bond donors (Lipinski definition) is 0. The molecule has 1 aliphatic rings. The number of Topliss-reactive ketones (excluding diaryl/α,β-unsaturated/α-hetero) is 1. The Morgan fingerprint density at radius 1 is 1.50 bits per heavy atom. The SMILES string of the molecule is CC(=O)OC1CC(F)(F)C(=O)c2ccc(Cl)cc21. The second-order valence-electron chi connectivity index (χ2n) is 4.07. The zero-order valence-electron chi connectivity index (χ0n) is 9.38. The third kappa shape index (κ3) is 2.22. The summed E-state index contributed by atoms with van der Waals surface area (Å²) >= 11 is 5.76. The van der Waals surface area contributed by atoms with Crippen LogP contribution < -0.4 is 0 Å². The second-order valence-corrected chi connectivity index (χ2v) is 4.50. The van der Waals surface area contributed by atoms with Gasteiger partial charge in [0.15, 0.2) is 0 Å². The van der Waals surface area contributed by atoms with E-state index >= 15 is 0 Å². The zero-order chi connectivity index (χ0) is 13.5. The highest BCUT2D eigenvalue weighted by molar-refractivity contribution is 6.30. The Hall–Kier alpha value is -1.49.